The van der Waals surface area contributed by atoms with Crippen molar-refractivity contribution < 1.29 is 27.1 Å². The van der Waals surface area contributed by atoms with E-state index in [2.05, 4.69) is 15.3 Å². The summed E-state index contributed by atoms with van der Waals surface area (Å²) >= 11 is 0. The largest absolute Gasteiger partial charge is 0.496 e. The highest BCUT2D eigenvalue weighted by molar-refractivity contribution is 5.91. The van der Waals surface area contributed by atoms with Crippen LogP contribution >= 0.6 is 0 Å². The molecule has 0 radical (unpaired) electrons. The van der Waals surface area contributed by atoms with Gasteiger partial charge in [0.25, 0.3) is 0 Å². The number of hydrogen-bond donors (Lipinski definition) is 2. The number of nitrogen functional groups attached to an aromatic ring is 1. The van der Waals surface area contributed by atoms with Gasteiger partial charge in [0.1, 0.15) is 23.2 Å². The summed E-state index contributed by atoms with van der Waals surface area (Å²) in [6.45, 7) is 6.05. The summed E-state index contributed by atoms with van der Waals surface area (Å²) in [5, 5.41) is 3.70. The molecule has 2 aromatic carbocycles. The molecule has 1 saturated heterocycles. The maximum atomic E-state index is 14.9. The Morgan fingerprint density at radius 3 is 2.46 bits per heavy atom. The topological polar surface area (TPSA) is 93.4 Å². The lowest BCUT2D eigenvalue weighted by atomic mass is 9.88. The molecule has 3 N–H and O–H groups in total. The number of rotatable bonds is 5. The molecule has 7 nitrogen and oxygen atoms in total. The summed E-state index contributed by atoms with van der Waals surface area (Å²) in [7, 11) is 1.57. The number of likely N-dealkylation sites (tertiary alicyclic amines) is 1. The first kappa shape index (κ1) is 26.4. The van der Waals surface area contributed by atoms with Gasteiger partial charge < -0.3 is 20.7 Å². The molecule has 0 bridgehead atoms. The number of alkyl halides is 3. The highest BCUT2D eigenvalue weighted by Crippen LogP contribution is 2.40. The third-order valence-electron chi connectivity index (χ3n) is 6.79. The number of fused-ring (bicyclic) bond motifs is 1. The maximum Gasteiger partial charge on any atom is 0.419 e. The maximum absolute atomic E-state index is 14.9. The number of nitrogens with zero attached hydrogens (tertiary/aromatic N) is 3. The quantitative estimate of drug-likeness (QED) is 0.337. The second-order valence-corrected chi connectivity index (χ2v) is 9.35. The molecule has 198 valence electrons. The predicted molar refractivity (Wildman–Crippen MR) is 133 cm³/mol. The number of methoxy groups -OCH3 is 1. The molecule has 2 heterocycles. The van der Waals surface area contributed by atoms with Gasteiger partial charge in [-0.3, -0.25) is 4.79 Å². The van der Waals surface area contributed by atoms with Gasteiger partial charge in [-0.15, -0.1) is 0 Å². The number of carbonyl (C=O) groups is 1. The fourth-order valence-corrected chi connectivity index (χ4v) is 4.87. The van der Waals surface area contributed by atoms with E-state index in [0.717, 1.165) is 18.4 Å². The van der Waals surface area contributed by atoms with Gasteiger partial charge in [0.2, 0.25) is 5.91 Å². The average molecular weight is 520 g/mol. The molecule has 1 fully saturated rings. The lowest BCUT2D eigenvalue weighted by Gasteiger charge is -2.32. The van der Waals surface area contributed by atoms with Crippen molar-refractivity contribution >= 4 is 28.3 Å². The summed E-state index contributed by atoms with van der Waals surface area (Å²) in [4.78, 5) is 22.5. The minimum Gasteiger partial charge on any atom is -0.496 e. The Morgan fingerprint density at radius 1 is 1.19 bits per heavy atom. The zero-order valence-electron chi connectivity index (χ0n) is 21.0. The van der Waals surface area contributed by atoms with Crippen LogP contribution in [0.4, 0.5) is 29.1 Å². The van der Waals surface area contributed by atoms with E-state index in [1.165, 1.54) is 6.07 Å². The fraction of sp³-hybridized carbons (Fsp3) is 0.423. The van der Waals surface area contributed by atoms with E-state index in [9.17, 15) is 22.4 Å². The van der Waals surface area contributed by atoms with Crippen LogP contribution in [0.1, 0.15) is 61.2 Å². The van der Waals surface area contributed by atoms with Crippen LogP contribution in [0.25, 0.3) is 10.9 Å². The number of ether oxygens (including phenoxy) is 1. The molecular weight excluding hydrogens is 490 g/mol. The zero-order chi connectivity index (χ0) is 27.1. The molecular formula is C26H29F4N5O2. The Balaban J connectivity index is 1.74. The molecule has 3 aromatic rings. The molecule has 1 aliphatic heterocycles. The molecule has 1 amide bonds. The number of amides is 1. The van der Waals surface area contributed by atoms with Gasteiger partial charge in [0.05, 0.1) is 24.2 Å². The second-order valence-electron chi connectivity index (χ2n) is 9.35. The first-order valence-corrected chi connectivity index (χ1v) is 11.9. The van der Waals surface area contributed by atoms with Crippen molar-refractivity contribution in [3.05, 3.63) is 52.6 Å². The van der Waals surface area contributed by atoms with E-state index in [-0.39, 0.29) is 23.1 Å². The van der Waals surface area contributed by atoms with Crippen molar-refractivity contribution in [2.75, 3.05) is 31.2 Å². The third kappa shape index (κ3) is 5.40. The molecule has 11 heteroatoms. The predicted octanol–water partition coefficient (Wildman–Crippen LogP) is 5.59. The normalized spacial score (nSPS) is 15.6. The number of hydrogen-bond acceptors (Lipinski definition) is 6. The number of anilines is 2. The Bertz CT molecular complexity index is 1340. The third-order valence-corrected chi connectivity index (χ3v) is 6.79. The number of halogens is 4. The van der Waals surface area contributed by atoms with Crippen LogP contribution in [-0.2, 0) is 11.0 Å². The number of nitrogens with one attached hydrogen (secondary N) is 1. The second kappa shape index (κ2) is 10.0. The monoisotopic (exact) mass is 519 g/mol. The zero-order valence-corrected chi connectivity index (χ0v) is 21.0. The minimum absolute atomic E-state index is 0.0377. The van der Waals surface area contributed by atoms with Gasteiger partial charge in [0, 0.05) is 42.7 Å². The van der Waals surface area contributed by atoms with Crippen LogP contribution in [0.2, 0.25) is 0 Å². The Hall–Kier alpha value is -3.63. The van der Waals surface area contributed by atoms with Gasteiger partial charge in [0.15, 0.2) is 0 Å². The van der Waals surface area contributed by atoms with Crippen molar-refractivity contribution in [2.24, 2.45) is 0 Å². The van der Waals surface area contributed by atoms with Crippen molar-refractivity contribution in [3.8, 4) is 5.75 Å². The standard InChI is InChI=1S/C26H29F4N5O2/c1-13(18-9-17(31)10-21(24(18)27)26(28,29)30)32-25-20-11-19(16-5-7-35(8-6-16)15(3)36)23(37-4)12-22(20)33-14(2)34-25/h9-13,16H,5-8,31H2,1-4H3,(H,32,33,34)/t13-/m0/s1. The van der Waals surface area contributed by atoms with E-state index >= 15 is 0 Å². The molecule has 1 aliphatic rings. The summed E-state index contributed by atoms with van der Waals surface area (Å²) in [5.41, 5.74) is 5.36. The van der Waals surface area contributed by atoms with Crippen LogP contribution < -0.4 is 15.8 Å². The van der Waals surface area contributed by atoms with Crippen LogP contribution in [-0.4, -0.2) is 41.0 Å². The van der Waals surface area contributed by atoms with Gasteiger partial charge in [-0.05, 0) is 56.4 Å². The van der Waals surface area contributed by atoms with Crippen LogP contribution in [0, 0.1) is 12.7 Å². The van der Waals surface area contributed by atoms with Crippen molar-refractivity contribution in [1.82, 2.24) is 14.9 Å². The molecule has 1 atom stereocenters. The SMILES string of the molecule is COc1cc2nc(C)nc(N[C@@H](C)c3cc(N)cc(C(F)(F)F)c3F)c2cc1C1CCN(C(C)=O)CC1. The minimum atomic E-state index is -4.88. The Morgan fingerprint density at radius 2 is 1.86 bits per heavy atom. The molecule has 0 aliphatic carbocycles. The number of aromatic nitrogens is 2. The van der Waals surface area contributed by atoms with E-state index in [1.807, 2.05) is 6.07 Å². The first-order valence-electron chi connectivity index (χ1n) is 11.9. The highest BCUT2D eigenvalue weighted by atomic mass is 19.4. The van der Waals surface area contributed by atoms with Crippen LogP contribution in [0.5, 0.6) is 5.75 Å². The number of carbonyl (C=O) groups excluding carboxylic acids is 1. The van der Waals surface area contributed by atoms with Gasteiger partial charge in [-0.25, -0.2) is 14.4 Å². The van der Waals surface area contributed by atoms with E-state index < -0.39 is 23.6 Å². The lowest BCUT2D eigenvalue weighted by Crippen LogP contribution is -2.36. The summed E-state index contributed by atoms with van der Waals surface area (Å²) in [5.74, 6) is 0.225. The molecule has 37 heavy (non-hydrogen) atoms. The van der Waals surface area contributed by atoms with Crippen LogP contribution in [0.15, 0.2) is 24.3 Å². The van der Waals surface area contributed by atoms with Crippen LogP contribution in [0.3, 0.4) is 0 Å². The summed E-state index contributed by atoms with van der Waals surface area (Å²) in [6, 6.07) is 4.61. The molecule has 4 rings (SSSR count). The fourth-order valence-electron chi connectivity index (χ4n) is 4.87. The van der Waals surface area contributed by atoms with Gasteiger partial charge >= 0.3 is 6.18 Å². The summed E-state index contributed by atoms with van der Waals surface area (Å²) < 4.78 is 60.6. The molecule has 1 aromatic heterocycles. The smallest absolute Gasteiger partial charge is 0.419 e. The lowest BCUT2D eigenvalue weighted by molar-refractivity contribution is -0.140. The number of nitrogens with two attached hydrogens (primary N) is 1. The first-order chi connectivity index (χ1) is 17.4. The number of benzene rings is 2. The number of piperidine rings is 1. The van der Waals surface area contributed by atoms with E-state index in [1.54, 1.807) is 38.8 Å². The van der Waals surface area contributed by atoms with Crippen molar-refractivity contribution in [1.29, 1.82) is 0 Å². The Labute approximate surface area is 212 Å². The van der Waals surface area contributed by atoms with Gasteiger partial charge in [-0.1, -0.05) is 0 Å². The average Bonchev–Trinajstić information content (AvgIpc) is 2.83. The highest BCUT2D eigenvalue weighted by Gasteiger charge is 2.36. The van der Waals surface area contributed by atoms with E-state index in [0.29, 0.717) is 47.5 Å². The molecule has 0 spiro atoms. The number of aryl methyl sites for hydroxylation is 1. The summed E-state index contributed by atoms with van der Waals surface area (Å²) in [6.07, 6.45) is -3.38. The van der Waals surface area contributed by atoms with Gasteiger partial charge in [-0.2, -0.15) is 13.2 Å². The molecule has 0 unspecified atom stereocenters. The molecule has 0 saturated carbocycles. The Kier molecular flexibility index (Phi) is 7.16. The van der Waals surface area contributed by atoms with Crippen molar-refractivity contribution in [2.45, 2.75) is 51.7 Å². The van der Waals surface area contributed by atoms with E-state index in [4.69, 9.17) is 10.5 Å². The van der Waals surface area contributed by atoms with Crippen molar-refractivity contribution in [3.63, 3.8) is 0 Å².